The van der Waals surface area contributed by atoms with E-state index in [1.165, 1.54) is 9.80 Å². The molecule has 10 heteroatoms. The zero-order valence-corrected chi connectivity index (χ0v) is 21.1. The van der Waals surface area contributed by atoms with Crippen molar-refractivity contribution >= 4 is 23.8 Å². The Morgan fingerprint density at radius 1 is 0.947 bits per heavy atom. The average Bonchev–Trinajstić information content (AvgIpc) is 3.34. The fraction of sp³-hybridized carbons (Fsp3) is 0.429. The maximum atomic E-state index is 12.0. The molecule has 0 spiro atoms. The summed E-state index contributed by atoms with van der Waals surface area (Å²) in [5.74, 6) is 0.987. The number of nitrogens with zero attached hydrogens (tertiary/aromatic N) is 2. The molecule has 3 aliphatic heterocycles. The molecule has 0 radical (unpaired) electrons. The molecule has 2 fully saturated rings. The lowest BCUT2D eigenvalue weighted by molar-refractivity contribution is -0.138. The molecule has 2 atom stereocenters. The third-order valence-electron chi connectivity index (χ3n) is 7.60. The predicted molar refractivity (Wildman–Crippen MR) is 136 cm³/mol. The molecule has 5 rings (SSSR count). The van der Waals surface area contributed by atoms with E-state index < -0.39 is 6.09 Å². The molecule has 0 bridgehead atoms. The van der Waals surface area contributed by atoms with E-state index in [1.54, 1.807) is 6.07 Å². The second kappa shape index (κ2) is 11.1. The van der Waals surface area contributed by atoms with Crippen LogP contribution in [0.15, 0.2) is 42.5 Å². The lowest BCUT2D eigenvalue weighted by atomic mass is 9.83. The van der Waals surface area contributed by atoms with Gasteiger partial charge in [-0.1, -0.05) is 18.2 Å². The highest BCUT2D eigenvalue weighted by Crippen LogP contribution is 2.35. The SMILES string of the molecule is O=C1NCc2ccc(OC[C@@H]3CCN(C(=O)O)CC[C@@H]3c3ccc(OCCN4C(=O)CCC4=O)cc3)cc21. The van der Waals surface area contributed by atoms with Crippen LogP contribution in [0.1, 0.15) is 53.1 Å². The van der Waals surface area contributed by atoms with Gasteiger partial charge in [-0.3, -0.25) is 19.3 Å². The van der Waals surface area contributed by atoms with E-state index >= 15 is 0 Å². The molecule has 0 aliphatic carbocycles. The molecule has 38 heavy (non-hydrogen) atoms. The van der Waals surface area contributed by atoms with Crippen LogP contribution in [-0.4, -0.2) is 71.6 Å². The monoisotopic (exact) mass is 521 g/mol. The topological polar surface area (TPSA) is 125 Å². The summed E-state index contributed by atoms with van der Waals surface area (Å²) in [6.07, 6.45) is 0.917. The van der Waals surface area contributed by atoms with Gasteiger partial charge in [-0.2, -0.15) is 0 Å². The van der Waals surface area contributed by atoms with Gasteiger partial charge in [-0.05, 0) is 54.2 Å². The zero-order chi connectivity index (χ0) is 26.6. The highest BCUT2D eigenvalue weighted by Gasteiger charge is 2.31. The first kappa shape index (κ1) is 25.6. The number of likely N-dealkylation sites (tertiary alicyclic amines) is 2. The van der Waals surface area contributed by atoms with Crippen LogP contribution >= 0.6 is 0 Å². The number of hydrogen-bond donors (Lipinski definition) is 2. The number of carbonyl (C=O) groups is 4. The van der Waals surface area contributed by atoms with Gasteiger partial charge in [0.1, 0.15) is 18.1 Å². The number of benzene rings is 2. The van der Waals surface area contributed by atoms with Gasteiger partial charge in [0, 0.05) is 44.0 Å². The van der Waals surface area contributed by atoms with Crippen molar-refractivity contribution in [1.82, 2.24) is 15.1 Å². The number of rotatable bonds is 8. The maximum Gasteiger partial charge on any atom is 0.407 e. The van der Waals surface area contributed by atoms with E-state index in [0.717, 1.165) is 11.1 Å². The molecular weight excluding hydrogens is 490 g/mol. The van der Waals surface area contributed by atoms with Crippen molar-refractivity contribution in [3.05, 3.63) is 59.2 Å². The van der Waals surface area contributed by atoms with E-state index in [2.05, 4.69) is 5.32 Å². The van der Waals surface area contributed by atoms with Gasteiger partial charge in [0.25, 0.3) is 5.91 Å². The summed E-state index contributed by atoms with van der Waals surface area (Å²) in [5.41, 5.74) is 2.65. The van der Waals surface area contributed by atoms with Crippen LogP contribution in [0.4, 0.5) is 4.79 Å². The van der Waals surface area contributed by atoms with Crippen molar-refractivity contribution < 1.29 is 33.8 Å². The minimum Gasteiger partial charge on any atom is -0.493 e. The minimum atomic E-state index is -0.923. The van der Waals surface area contributed by atoms with E-state index in [0.29, 0.717) is 56.1 Å². The summed E-state index contributed by atoms with van der Waals surface area (Å²) in [7, 11) is 0. The molecule has 0 unspecified atom stereocenters. The Kier molecular flexibility index (Phi) is 7.48. The summed E-state index contributed by atoms with van der Waals surface area (Å²) in [6, 6.07) is 13.2. The number of amides is 4. The van der Waals surface area contributed by atoms with Gasteiger partial charge in [0.15, 0.2) is 0 Å². The molecule has 4 amide bonds. The second-order valence-corrected chi connectivity index (χ2v) is 9.88. The summed E-state index contributed by atoms with van der Waals surface area (Å²) >= 11 is 0. The number of carboxylic acid groups (broad SMARTS) is 1. The van der Waals surface area contributed by atoms with E-state index in [4.69, 9.17) is 9.47 Å². The van der Waals surface area contributed by atoms with Crippen LogP contribution in [0.3, 0.4) is 0 Å². The lowest BCUT2D eigenvalue weighted by Crippen LogP contribution is -2.33. The molecule has 0 saturated carbocycles. The van der Waals surface area contributed by atoms with Crippen molar-refractivity contribution in [2.45, 2.75) is 38.1 Å². The van der Waals surface area contributed by atoms with Gasteiger partial charge in [-0.25, -0.2) is 4.79 Å². The summed E-state index contributed by atoms with van der Waals surface area (Å²) in [5, 5.41) is 12.4. The molecule has 200 valence electrons. The fourth-order valence-corrected chi connectivity index (χ4v) is 5.42. The van der Waals surface area contributed by atoms with E-state index in [1.807, 2.05) is 36.4 Å². The number of nitrogens with one attached hydrogen (secondary N) is 1. The third-order valence-corrected chi connectivity index (χ3v) is 7.60. The molecule has 2 aromatic rings. The smallest absolute Gasteiger partial charge is 0.407 e. The number of fused-ring (bicyclic) bond motifs is 1. The highest BCUT2D eigenvalue weighted by atomic mass is 16.5. The van der Waals surface area contributed by atoms with Crippen molar-refractivity contribution in [2.24, 2.45) is 5.92 Å². The fourth-order valence-electron chi connectivity index (χ4n) is 5.42. The Labute approximate surface area is 220 Å². The molecule has 3 heterocycles. The number of hydrogen-bond acceptors (Lipinski definition) is 6. The Morgan fingerprint density at radius 2 is 1.66 bits per heavy atom. The summed E-state index contributed by atoms with van der Waals surface area (Å²) in [6.45, 7) is 2.25. The Bertz CT molecular complexity index is 1210. The molecular formula is C28H31N3O7. The van der Waals surface area contributed by atoms with Crippen LogP contribution in [0.2, 0.25) is 0 Å². The lowest BCUT2D eigenvalue weighted by Gasteiger charge is -2.25. The standard InChI is InChI=1S/C28H31N3O7/c32-25-7-8-26(33)31(25)13-14-37-21-4-1-18(2-5-21)23-10-12-30(28(35)36)11-9-20(23)17-38-22-6-3-19-16-29-27(34)24(19)15-22/h1-6,15,20,23H,7-14,16-17H2,(H,29,34)(H,35,36)/t20-,23+/m0/s1. The van der Waals surface area contributed by atoms with Crippen LogP contribution in [-0.2, 0) is 16.1 Å². The van der Waals surface area contributed by atoms with Gasteiger partial charge < -0.3 is 24.8 Å². The van der Waals surface area contributed by atoms with Gasteiger partial charge in [-0.15, -0.1) is 0 Å². The van der Waals surface area contributed by atoms with E-state index in [9.17, 15) is 24.3 Å². The molecule has 2 saturated heterocycles. The van der Waals surface area contributed by atoms with Crippen LogP contribution in [0.25, 0.3) is 0 Å². The Morgan fingerprint density at radius 3 is 2.39 bits per heavy atom. The largest absolute Gasteiger partial charge is 0.493 e. The van der Waals surface area contributed by atoms with Gasteiger partial charge >= 0.3 is 6.09 Å². The van der Waals surface area contributed by atoms with Crippen LogP contribution < -0.4 is 14.8 Å². The third kappa shape index (κ3) is 5.58. The summed E-state index contributed by atoms with van der Waals surface area (Å²) < 4.78 is 11.9. The van der Waals surface area contributed by atoms with Crippen molar-refractivity contribution in [1.29, 1.82) is 0 Å². The predicted octanol–water partition coefficient (Wildman–Crippen LogP) is 3.01. The first-order valence-electron chi connectivity index (χ1n) is 13.0. The van der Waals surface area contributed by atoms with Crippen molar-refractivity contribution in [3.8, 4) is 11.5 Å². The molecule has 2 N–H and O–H groups in total. The molecule has 3 aliphatic rings. The van der Waals surface area contributed by atoms with E-state index in [-0.39, 0.29) is 55.6 Å². The first-order chi connectivity index (χ1) is 18.4. The normalized spacial score (nSPS) is 21.2. The van der Waals surface area contributed by atoms with Gasteiger partial charge in [0.05, 0.1) is 13.2 Å². The van der Waals surface area contributed by atoms with Crippen LogP contribution in [0, 0.1) is 5.92 Å². The molecule has 10 nitrogen and oxygen atoms in total. The van der Waals surface area contributed by atoms with Gasteiger partial charge in [0.2, 0.25) is 11.8 Å². The highest BCUT2D eigenvalue weighted by molar-refractivity contribution is 6.01. The second-order valence-electron chi connectivity index (χ2n) is 9.88. The molecule has 0 aromatic heterocycles. The zero-order valence-electron chi connectivity index (χ0n) is 21.1. The Hall–Kier alpha value is -4.08. The molecule has 2 aromatic carbocycles. The van der Waals surface area contributed by atoms with Crippen molar-refractivity contribution in [2.75, 3.05) is 32.8 Å². The quantitative estimate of drug-likeness (QED) is 0.512. The number of imide groups is 1. The maximum absolute atomic E-state index is 12.0. The average molecular weight is 522 g/mol. The number of ether oxygens (including phenoxy) is 2. The van der Waals surface area contributed by atoms with Crippen molar-refractivity contribution in [3.63, 3.8) is 0 Å². The Balaban J connectivity index is 1.24. The van der Waals surface area contributed by atoms with Crippen LogP contribution in [0.5, 0.6) is 11.5 Å². The number of carbonyl (C=O) groups excluding carboxylic acids is 3. The minimum absolute atomic E-state index is 0.0698. The summed E-state index contributed by atoms with van der Waals surface area (Å²) in [4.78, 5) is 49.9. The first-order valence-corrected chi connectivity index (χ1v) is 13.0.